The van der Waals surface area contributed by atoms with Crippen LogP contribution in [0.15, 0.2) is 53.9 Å². The van der Waals surface area contributed by atoms with Gasteiger partial charge in [-0.25, -0.2) is 12.7 Å². The summed E-state index contributed by atoms with van der Waals surface area (Å²) in [6.07, 6.45) is 1.44. The molecule has 1 amide bonds. The Morgan fingerprint density at radius 3 is 2.46 bits per heavy atom. The molecule has 0 aliphatic carbocycles. The molecule has 1 unspecified atom stereocenters. The van der Waals surface area contributed by atoms with Crippen molar-refractivity contribution in [3.05, 3.63) is 65.7 Å². The number of carbonyl (C=O) groups excluding carboxylic acids is 1. The molecule has 0 N–H and O–H groups in total. The van der Waals surface area contributed by atoms with Crippen LogP contribution in [0.1, 0.15) is 22.7 Å². The molecule has 2 aromatic carbocycles. The van der Waals surface area contributed by atoms with E-state index in [0.717, 1.165) is 15.4 Å². The zero-order valence-corrected chi connectivity index (χ0v) is 15.0. The summed E-state index contributed by atoms with van der Waals surface area (Å²) >= 11 is 0. The minimum Gasteiger partial charge on any atom is -0.454 e. The Hall–Kier alpha value is -2.80. The van der Waals surface area contributed by atoms with Crippen LogP contribution in [0.2, 0.25) is 0 Å². The highest BCUT2D eigenvalue weighted by atomic mass is 32.2. The van der Waals surface area contributed by atoms with Crippen LogP contribution in [0, 0.1) is 6.92 Å². The Morgan fingerprint density at radius 1 is 1.15 bits per heavy atom. The molecule has 6 nitrogen and oxygen atoms in total. The summed E-state index contributed by atoms with van der Waals surface area (Å²) < 4.78 is 37.9. The van der Waals surface area contributed by atoms with E-state index in [2.05, 4.69) is 6.58 Å². The normalized spacial score (nSPS) is 18.6. The number of ether oxygens (including phenoxy) is 2. The lowest BCUT2D eigenvalue weighted by Gasteiger charge is -2.34. The Labute approximate surface area is 151 Å². The summed E-state index contributed by atoms with van der Waals surface area (Å²) in [7, 11) is -4.01. The van der Waals surface area contributed by atoms with Gasteiger partial charge in [-0.1, -0.05) is 23.8 Å². The van der Waals surface area contributed by atoms with Crippen LogP contribution in [0.5, 0.6) is 11.5 Å². The van der Waals surface area contributed by atoms with Gasteiger partial charge in [0.25, 0.3) is 10.0 Å². The largest absolute Gasteiger partial charge is 0.454 e. The van der Waals surface area contributed by atoms with Gasteiger partial charge in [-0.05, 0) is 42.3 Å². The molecule has 0 saturated carbocycles. The molecule has 4 rings (SSSR count). The van der Waals surface area contributed by atoms with Gasteiger partial charge in [0, 0.05) is 0 Å². The average molecular weight is 371 g/mol. The van der Waals surface area contributed by atoms with Crippen molar-refractivity contribution in [1.82, 2.24) is 4.31 Å². The number of sulfonamides is 1. The Bertz CT molecular complexity index is 1010. The quantitative estimate of drug-likeness (QED) is 0.776. The van der Waals surface area contributed by atoms with Gasteiger partial charge in [0.2, 0.25) is 12.7 Å². The monoisotopic (exact) mass is 371 g/mol. The Balaban J connectivity index is 1.83. The van der Waals surface area contributed by atoms with Gasteiger partial charge in [-0.3, -0.25) is 4.79 Å². The predicted octanol–water partition coefficient (Wildman–Crippen LogP) is 2.72. The molecule has 26 heavy (non-hydrogen) atoms. The number of nitrogens with zero attached hydrogens (tertiary/aromatic N) is 1. The molecule has 2 heterocycles. The van der Waals surface area contributed by atoms with Crippen molar-refractivity contribution < 1.29 is 22.7 Å². The average Bonchev–Trinajstić information content (AvgIpc) is 3.06. The lowest BCUT2D eigenvalue weighted by molar-refractivity contribution is -0.127. The molecule has 7 heteroatoms. The second kappa shape index (κ2) is 5.88. The van der Waals surface area contributed by atoms with E-state index in [9.17, 15) is 13.2 Å². The first-order valence-corrected chi connectivity index (χ1v) is 9.55. The molecule has 2 aromatic rings. The van der Waals surface area contributed by atoms with Gasteiger partial charge >= 0.3 is 0 Å². The van der Waals surface area contributed by atoms with Crippen molar-refractivity contribution in [1.29, 1.82) is 0 Å². The summed E-state index contributed by atoms with van der Waals surface area (Å²) in [6, 6.07) is 9.09. The summed E-state index contributed by atoms with van der Waals surface area (Å²) in [4.78, 5) is 12.8. The molecule has 2 aliphatic rings. The number of aryl methyl sites for hydroxylation is 1. The molecular weight excluding hydrogens is 354 g/mol. The fraction of sp³-hybridized carbons (Fsp3) is 0.211. The number of rotatable bonds is 3. The zero-order valence-electron chi connectivity index (χ0n) is 14.1. The van der Waals surface area contributed by atoms with Crippen LogP contribution in [0.4, 0.5) is 0 Å². The third kappa shape index (κ3) is 2.47. The van der Waals surface area contributed by atoms with Crippen molar-refractivity contribution >= 4 is 15.9 Å². The van der Waals surface area contributed by atoms with Crippen LogP contribution in [0.3, 0.4) is 0 Å². The fourth-order valence-corrected chi connectivity index (χ4v) is 4.82. The van der Waals surface area contributed by atoms with Gasteiger partial charge in [0.05, 0.1) is 17.4 Å². The van der Waals surface area contributed by atoms with E-state index in [4.69, 9.17) is 9.47 Å². The van der Waals surface area contributed by atoms with Gasteiger partial charge < -0.3 is 9.47 Å². The van der Waals surface area contributed by atoms with Gasteiger partial charge in [-0.2, -0.15) is 0 Å². The van der Waals surface area contributed by atoms with Crippen molar-refractivity contribution in [3.63, 3.8) is 0 Å². The molecule has 1 atom stereocenters. The van der Waals surface area contributed by atoms with Crippen LogP contribution < -0.4 is 9.47 Å². The van der Waals surface area contributed by atoms with Gasteiger partial charge in [-0.15, -0.1) is 6.58 Å². The van der Waals surface area contributed by atoms with E-state index in [1.165, 1.54) is 18.2 Å². The molecule has 0 saturated heterocycles. The predicted molar refractivity (Wildman–Crippen MR) is 94.4 cm³/mol. The number of hydrogen-bond donors (Lipinski definition) is 0. The topological polar surface area (TPSA) is 72.9 Å². The third-order valence-corrected chi connectivity index (χ3v) is 6.41. The number of amides is 1. The Morgan fingerprint density at radius 2 is 1.81 bits per heavy atom. The minimum absolute atomic E-state index is 0.0264. The van der Waals surface area contributed by atoms with Gasteiger partial charge in [0.15, 0.2) is 11.5 Å². The standard InChI is InChI=1S/C19H17NO5S/c1-3-16-15-10-18-17(24-11-25-18)8-13(15)9-19(21)20(16)26(22,23)14-6-4-12(2)5-7-14/h3-8,10,16H,1,9,11H2,2H3. The second-order valence-corrected chi connectivity index (χ2v) is 8.08. The van der Waals surface area contributed by atoms with Crippen LogP contribution in [-0.2, 0) is 21.2 Å². The third-order valence-electron chi connectivity index (χ3n) is 4.59. The smallest absolute Gasteiger partial charge is 0.267 e. The maximum absolute atomic E-state index is 13.1. The molecule has 0 radical (unpaired) electrons. The number of hydrogen-bond acceptors (Lipinski definition) is 5. The molecular formula is C19H17NO5S. The van der Waals surface area contributed by atoms with E-state index in [1.54, 1.807) is 24.3 Å². The summed E-state index contributed by atoms with van der Waals surface area (Å²) in [6.45, 7) is 5.73. The molecule has 134 valence electrons. The van der Waals surface area contributed by atoms with Crippen molar-refractivity contribution in [2.24, 2.45) is 0 Å². The van der Waals surface area contributed by atoms with Crippen molar-refractivity contribution in [2.75, 3.05) is 6.79 Å². The first kappa shape index (κ1) is 16.7. The fourth-order valence-electron chi connectivity index (χ4n) is 3.28. The Kier molecular flexibility index (Phi) is 3.77. The number of carbonyl (C=O) groups is 1. The van der Waals surface area contributed by atoms with E-state index < -0.39 is 22.0 Å². The van der Waals surface area contributed by atoms with Crippen molar-refractivity contribution in [2.45, 2.75) is 24.3 Å². The lowest BCUT2D eigenvalue weighted by Crippen LogP contribution is -2.43. The van der Waals surface area contributed by atoms with E-state index in [1.807, 2.05) is 6.92 Å². The molecule has 0 bridgehead atoms. The highest BCUT2D eigenvalue weighted by Gasteiger charge is 2.40. The first-order chi connectivity index (χ1) is 12.4. The molecule has 0 spiro atoms. The molecule has 0 aromatic heterocycles. The molecule has 0 fully saturated rings. The van der Waals surface area contributed by atoms with E-state index >= 15 is 0 Å². The zero-order chi connectivity index (χ0) is 18.5. The van der Waals surface area contributed by atoms with Crippen LogP contribution in [0.25, 0.3) is 0 Å². The summed E-state index contributed by atoms with van der Waals surface area (Å²) in [5.41, 5.74) is 2.34. The maximum Gasteiger partial charge on any atom is 0.267 e. The number of benzene rings is 2. The summed E-state index contributed by atoms with van der Waals surface area (Å²) in [5.74, 6) is 0.605. The highest BCUT2D eigenvalue weighted by molar-refractivity contribution is 7.89. The van der Waals surface area contributed by atoms with Gasteiger partial charge in [0.1, 0.15) is 0 Å². The summed E-state index contributed by atoms with van der Waals surface area (Å²) in [5, 5.41) is 0. The first-order valence-electron chi connectivity index (χ1n) is 8.10. The SMILES string of the molecule is C=CC1c2cc3c(cc2CC(=O)N1S(=O)(=O)c1ccc(C)cc1)OCO3. The van der Waals surface area contributed by atoms with E-state index in [0.29, 0.717) is 17.1 Å². The van der Waals surface area contributed by atoms with Crippen molar-refractivity contribution in [3.8, 4) is 11.5 Å². The second-order valence-electron chi connectivity index (χ2n) is 6.27. The van der Waals surface area contributed by atoms with Crippen LogP contribution >= 0.6 is 0 Å². The van der Waals surface area contributed by atoms with E-state index in [-0.39, 0.29) is 18.1 Å². The van der Waals surface area contributed by atoms with Crippen LogP contribution in [-0.4, -0.2) is 25.4 Å². The number of fused-ring (bicyclic) bond motifs is 2. The highest BCUT2D eigenvalue weighted by Crippen LogP contribution is 2.42. The molecule has 2 aliphatic heterocycles. The minimum atomic E-state index is -4.01. The maximum atomic E-state index is 13.1. The lowest BCUT2D eigenvalue weighted by atomic mass is 9.93.